The van der Waals surface area contributed by atoms with Crippen LogP contribution in [0.2, 0.25) is 0 Å². The van der Waals surface area contributed by atoms with Gasteiger partial charge in [-0.15, -0.1) is 0 Å². The summed E-state index contributed by atoms with van der Waals surface area (Å²) < 4.78 is 25.1. The van der Waals surface area contributed by atoms with Crippen LogP contribution in [0.25, 0.3) is 0 Å². The Bertz CT molecular complexity index is 951. The number of hydrogen-bond donors (Lipinski definition) is 2. The highest BCUT2D eigenvalue weighted by Gasteiger charge is 2.17. The number of anilines is 1. The molecule has 0 aliphatic rings. The number of aromatic hydroxyl groups is 1. The van der Waals surface area contributed by atoms with Crippen molar-refractivity contribution in [3.63, 3.8) is 0 Å². The van der Waals surface area contributed by atoms with Crippen molar-refractivity contribution in [1.29, 1.82) is 0 Å². The summed E-state index contributed by atoms with van der Waals surface area (Å²) in [5.74, 6) is -0.871. The largest absolute Gasteiger partial charge is 0.506 e. The number of amides is 1. The number of hydrogen-bond acceptors (Lipinski definition) is 7. The number of rotatable bonds is 7. The molecule has 0 saturated carbocycles. The summed E-state index contributed by atoms with van der Waals surface area (Å²) in [5, 5.41) is 27.0. The summed E-state index contributed by atoms with van der Waals surface area (Å²) in [6.07, 6.45) is 1.16. The first-order valence-electron chi connectivity index (χ1n) is 7.68. The lowest BCUT2D eigenvalue weighted by Crippen LogP contribution is -2.15. The molecule has 2 rings (SSSR count). The second-order valence-corrected chi connectivity index (χ2v) is 7.78. The zero-order chi connectivity index (χ0) is 19.5. The molecule has 0 atom stereocenters. The number of nitrogens with zero attached hydrogens (tertiary/aromatic N) is 3. The van der Waals surface area contributed by atoms with Crippen LogP contribution >= 0.6 is 0 Å². The third-order valence-electron chi connectivity index (χ3n) is 3.67. The van der Waals surface area contributed by atoms with Gasteiger partial charge in [-0.25, -0.2) is 8.42 Å². The number of phenols is 1. The first-order chi connectivity index (χ1) is 12.1. The monoisotopic (exact) mass is 382 g/mol. The quantitative estimate of drug-likeness (QED) is 0.420. The summed E-state index contributed by atoms with van der Waals surface area (Å²) in [7, 11) is -3.48. The molecule has 2 aromatic rings. The minimum absolute atomic E-state index is 0.00794. The fraction of sp³-hybridized carbons (Fsp3) is 0.333. The molecule has 0 spiro atoms. The number of benzene rings is 1. The fourth-order valence-corrected chi connectivity index (χ4v) is 3.11. The van der Waals surface area contributed by atoms with E-state index in [1.54, 1.807) is 0 Å². The third-order valence-corrected chi connectivity index (χ3v) is 5.40. The van der Waals surface area contributed by atoms with Crippen LogP contribution in [0.1, 0.15) is 19.0 Å². The van der Waals surface area contributed by atoms with Gasteiger partial charge < -0.3 is 10.4 Å². The number of sulfone groups is 1. The maximum absolute atomic E-state index is 12.0. The molecule has 0 aliphatic heterocycles. The van der Waals surface area contributed by atoms with Gasteiger partial charge in [0.1, 0.15) is 17.6 Å². The van der Waals surface area contributed by atoms with Gasteiger partial charge in [0, 0.05) is 13.0 Å². The van der Waals surface area contributed by atoms with Crippen molar-refractivity contribution in [3.8, 4) is 5.75 Å². The topological polar surface area (TPSA) is 144 Å². The molecule has 0 fully saturated rings. The van der Waals surface area contributed by atoms with E-state index in [2.05, 4.69) is 10.4 Å². The van der Waals surface area contributed by atoms with E-state index in [0.29, 0.717) is 0 Å². The molecule has 0 bridgehead atoms. The van der Waals surface area contributed by atoms with Gasteiger partial charge >= 0.3 is 5.69 Å². The lowest BCUT2D eigenvalue weighted by atomic mass is 10.3. The summed E-state index contributed by atoms with van der Waals surface area (Å²) >= 11 is 0. The van der Waals surface area contributed by atoms with Crippen LogP contribution < -0.4 is 5.32 Å². The average Bonchev–Trinajstić information content (AvgIpc) is 2.96. The zero-order valence-electron chi connectivity index (χ0n) is 14.2. The molecule has 2 N–H and O–H groups in total. The van der Waals surface area contributed by atoms with Crippen molar-refractivity contribution in [2.24, 2.45) is 0 Å². The molecule has 0 unspecified atom stereocenters. The molecular weight excluding hydrogens is 364 g/mol. The van der Waals surface area contributed by atoms with Crippen LogP contribution in [-0.2, 0) is 21.2 Å². The van der Waals surface area contributed by atoms with E-state index in [-0.39, 0.29) is 46.4 Å². The van der Waals surface area contributed by atoms with Crippen molar-refractivity contribution >= 4 is 27.1 Å². The number of carbonyl (C=O) groups excluding carboxylic acids is 1. The summed E-state index contributed by atoms with van der Waals surface area (Å²) in [5.41, 5.74) is 0.0817. The molecule has 140 valence electrons. The average molecular weight is 382 g/mol. The van der Waals surface area contributed by atoms with Gasteiger partial charge in [-0.1, -0.05) is 6.92 Å². The Morgan fingerprint density at radius 3 is 2.69 bits per heavy atom. The van der Waals surface area contributed by atoms with Gasteiger partial charge in [-0.3, -0.25) is 19.6 Å². The lowest BCUT2D eigenvalue weighted by Gasteiger charge is -2.09. The van der Waals surface area contributed by atoms with E-state index in [0.717, 1.165) is 0 Å². The zero-order valence-corrected chi connectivity index (χ0v) is 15.0. The number of phenolic OH excluding ortho intramolecular Hbond substituents is 1. The predicted molar refractivity (Wildman–Crippen MR) is 92.7 cm³/mol. The summed E-state index contributed by atoms with van der Waals surface area (Å²) in [4.78, 5) is 22.3. The van der Waals surface area contributed by atoms with Crippen molar-refractivity contribution in [2.75, 3.05) is 11.1 Å². The van der Waals surface area contributed by atoms with E-state index < -0.39 is 20.7 Å². The normalized spacial score (nSPS) is 11.3. The van der Waals surface area contributed by atoms with Crippen LogP contribution in [-0.4, -0.2) is 39.9 Å². The van der Waals surface area contributed by atoms with Crippen LogP contribution in [0, 0.1) is 17.0 Å². The van der Waals surface area contributed by atoms with E-state index in [1.165, 1.54) is 42.9 Å². The van der Waals surface area contributed by atoms with E-state index >= 15 is 0 Å². The maximum Gasteiger partial charge on any atom is 0.309 e. The van der Waals surface area contributed by atoms with Crippen LogP contribution in [0.15, 0.2) is 29.3 Å². The molecule has 1 aromatic carbocycles. The number of nitrogens with one attached hydrogen (secondary N) is 1. The highest BCUT2D eigenvalue weighted by atomic mass is 32.2. The first-order valence-corrected chi connectivity index (χ1v) is 9.33. The summed E-state index contributed by atoms with van der Waals surface area (Å²) in [6.45, 7) is 3.08. The fourth-order valence-electron chi connectivity index (χ4n) is 2.21. The highest BCUT2D eigenvalue weighted by Crippen LogP contribution is 2.27. The van der Waals surface area contributed by atoms with Gasteiger partial charge in [0.05, 0.1) is 21.3 Å². The van der Waals surface area contributed by atoms with E-state index in [4.69, 9.17) is 0 Å². The first kappa shape index (κ1) is 19.4. The Kier molecular flexibility index (Phi) is 5.60. The molecule has 26 heavy (non-hydrogen) atoms. The molecule has 1 heterocycles. The Hall–Kier alpha value is -2.95. The predicted octanol–water partition coefficient (Wildman–Crippen LogP) is 1.63. The molecule has 0 aliphatic carbocycles. The molecule has 1 amide bonds. The van der Waals surface area contributed by atoms with Gasteiger partial charge in [0.15, 0.2) is 9.84 Å². The number of aryl methyl sites for hydroxylation is 2. The van der Waals surface area contributed by atoms with Crippen LogP contribution in [0.5, 0.6) is 5.75 Å². The third kappa shape index (κ3) is 4.36. The van der Waals surface area contributed by atoms with Crippen LogP contribution in [0.4, 0.5) is 11.4 Å². The molecule has 0 radical (unpaired) electrons. The molecular formula is C15H18N4O6S. The molecule has 10 nitrogen and oxygen atoms in total. The molecule has 1 aromatic heterocycles. The molecule has 0 saturated heterocycles. The van der Waals surface area contributed by atoms with Gasteiger partial charge in [-0.05, 0) is 25.1 Å². The minimum atomic E-state index is -3.48. The second-order valence-electron chi connectivity index (χ2n) is 5.50. The smallest absolute Gasteiger partial charge is 0.309 e. The minimum Gasteiger partial charge on any atom is -0.506 e. The van der Waals surface area contributed by atoms with Crippen molar-refractivity contribution in [1.82, 2.24) is 9.78 Å². The summed E-state index contributed by atoms with van der Waals surface area (Å²) in [6, 6.07) is 3.64. The Balaban J connectivity index is 2.07. The Labute approximate surface area is 149 Å². The SMILES string of the molecule is CCS(=O)(=O)c1ccc(O)c(NC(=O)CCn2cc([N+](=O)[O-])c(C)n2)c1. The molecule has 11 heteroatoms. The maximum atomic E-state index is 12.0. The lowest BCUT2D eigenvalue weighted by molar-refractivity contribution is -0.385. The van der Waals surface area contributed by atoms with Crippen molar-refractivity contribution < 1.29 is 23.2 Å². The number of aromatic nitrogens is 2. The van der Waals surface area contributed by atoms with Gasteiger partial charge in [-0.2, -0.15) is 5.10 Å². The van der Waals surface area contributed by atoms with Gasteiger partial charge in [0.25, 0.3) is 0 Å². The second kappa shape index (κ2) is 7.52. The number of nitro groups is 1. The number of carbonyl (C=O) groups is 1. The van der Waals surface area contributed by atoms with E-state index in [9.17, 15) is 28.4 Å². The van der Waals surface area contributed by atoms with Crippen molar-refractivity contribution in [3.05, 3.63) is 40.2 Å². The Morgan fingerprint density at radius 2 is 2.12 bits per heavy atom. The van der Waals surface area contributed by atoms with E-state index in [1.807, 2.05) is 0 Å². The van der Waals surface area contributed by atoms with Crippen LogP contribution in [0.3, 0.4) is 0 Å². The standard InChI is InChI=1S/C15H18N4O6S/c1-3-26(24,25)11-4-5-14(20)12(8-11)16-15(21)6-7-18-9-13(19(22)23)10(2)17-18/h4-5,8-9,20H,3,6-7H2,1-2H3,(H,16,21). The highest BCUT2D eigenvalue weighted by molar-refractivity contribution is 7.91. The van der Waals surface area contributed by atoms with Gasteiger partial charge in [0.2, 0.25) is 5.91 Å². The Morgan fingerprint density at radius 1 is 1.42 bits per heavy atom. The van der Waals surface area contributed by atoms with Crippen molar-refractivity contribution in [2.45, 2.75) is 31.7 Å².